The van der Waals surface area contributed by atoms with E-state index in [1.807, 2.05) is 27.2 Å². The van der Waals surface area contributed by atoms with E-state index < -0.39 is 20.0 Å². The van der Waals surface area contributed by atoms with Gasteiger partial charge >= 0.3 is 0 Å². The molecule has 0 radical (unpaired) electrons. The molecule has 3 unspecified atom stereocenters. The van der Waals surface area contributed by atoms with Gasteiger partial charge in [-0.25, -0.2) is 0 Å². The summed E-state index contributed by atoms with van der Waals surface area (Å²) in [6, 6.07) is -0.888. The average molecular weight is 695 g/mol. The van der Waals surface area contributed by atoms with Crippen molar-refractivity contribution in [3.63, 3.8) is 0 Å². The number of nitrogens with one attached hydrogen (secondary N) is 1. The van der Waals surface area contributed by atoms with Crippen molar-refractivity contribution in [3.8, 4) is 0 Å². The maximum absolute atomic E-state index is 12.7. The second-order valence-electron chi connectivity index (χ2n) is 13.5. The van der Waals surface area contributed by atoms with Gasteiger partial charge in [-0.3, -0.25) is 9.36 Å². The number of phosphoric ester groups is 1. The number of nitrogens with zero attached hydrogens (tertiary/aromatic N) is 1. The van der Waals surface area contributed by atoms with E-state index >= 15 is 0 Å². The van der Waals surface area contributed by atoms with Gasteiger partial charge in [0.15, 0.2) is 0 Å². The van der Waals surface area contributed by atoms with Gasteiger partial charge in [-0.2, -0.15) is 0 Å². The first kappa shape index (κ1) is 46.2. The maximum atomic E-state index is 12.7. The largest absolute Gasteiger partial charge is 0.756 e. The molecule has 0 saturated heterocycles. The van der Waals surface area contributed by atoms with E-state index in [0.29, 0.717) is 17.4 Å². The average Bonchev–Trinajstić information content (AvgIpc) is 3.02. The fourth-order valence-electron chi connectivity index (χ4n) is 4.73. The molecule has 0 aromatic rings. The number of aliphatic hydroxyl groups is 1. The number of rotatable bonds is 32. The van der Waals surface area contributed by atoms with Crippen LogP contribution in [0.2, 0.25) is 0 Å². The first-order valence-corrected chi connectivity index (χ1v) is 20.1. The van der Waals surface area contributed by atoms with Crippen molar-refractivity contribution in [2.45, 2.75) is 142 Å². The molecule has 0 bridgehead atoms. The predicted molar refractivity (Wildman–Crippen MR) is 201 cm³/mol. The van der Waals surface area contributed by atoms with Crippen LogP contribution in [-0.4, -0.2) is 68.5 Å². The molecule has 1 amide bonds. The first-order valence-electron chi connectivity index (χ1n) is 18.7. The monoisotopic (exact) mass is 695 g/mol. The molecule has 9 heteroatoms. The minimum Gasteiger partial charge on any atom is -0.756 e. The van der Waals surface area contributed by atoms with Crippen molar-refractivity contribution in [1.29, 1.82) is 0 Å². The van der Waals surface area contributed by atoms with Crippen LogP contribution in [0.4, 0.5) is 0 Å². The Morgan fingerprint density at radius 1 is 0.750 bits per heavy atom. The molecule has 0 rings (SSSR count). The van der Waals surface area contributed by atoms with Crippen LogP contribution in [0.1, 0.15) is 129 Å². The van der Waals surface area contributed by atoms with Crippen LogP contribution in [-0.2, 0) is 18.4 Å². The molecule has 0 aliphatic carbocycles. The smallest absolute Gasteiger partial charge is 0.268 e. The highest BCUT2D eigenvalue weighted by Crippen LogP contribution is 2.38. The highest BCUT2D eigenvalue weighted by Gasteiger charge is 2.23. The van der Waals surface area contributed by atoms with Gasteiger partial charge in [0.05, 0.1) is 39.9 Å². The molecule has 0 heterocycles. The summed E-state index contributed by atoms with van der Waals surface area (Å²) in [6.07, 6.45) is 38.8. The lowest BCUT2D eigenvalue weighted by atomic mass is 10.1. The van der Waals surface area contributed by atoms with E-state index in [2.05, 4.69) is 67.8 Å². The molecule has 8 nitrogen and oxygen atoms in total. The van der Waals surface area contributed by atoms with Crippen molar-refractivity contribution in [2.75, 3.05) is 40.9 Å². The summed E-state index contributed by atoms with van der Waals surface area (Å²) in [5.41, 5.74) is 0. The molecule has 0 fully saturated rings. The summed E-state index contributed by atoms with van der Waals surface area (Å²) < 4.78 is 22.9. The normalized spacial score (nSPS) is 15.4. The molecular weight excluding hydrogens is 623 g/mol. The Morgan fingerprint density at radius 2 is 1.27 bits per heavy atom. The molecule has 0 aliphatic heterocycles. The van der Waals surface area contributed by atoms with Crippen LogP contribution in [0.3, 0.4) is 0 Å². The minimum absolute atomic E-state index is 0.00673. The minimum atomic E-state index is -4.57. The fourth-order valence-corrected chi connectivity index (χ4v) is 5.45. The highest BCUT2D eigenvalue weighted by atomic mass is 31.2. The van der Waals surface area contributed by atoms with Crippen molar-refractivity contribution in [1.82, 2.24) is 5.32 Å². The van der Waals surface area contributed by atoms with Crippen LogP contribution in [0, 0.1) is 0 Å². The zero-order valence-electron chi connectivity index (χ0n) is 31.2. The van der Waals surface area contributed by atoms with E-state index in [9.17, 15) is 19.4 Å². The molecule has 0 aliphatic rings. The van der Waals surface area contributed by atoms with Gasteiger partial charge in [-0.05, 0) is 57.8 Å². The molecule has 278 valence electrons. The Labute approximate surface area is 294 Å². The van der Waals surface area contributed by atoms with Crippen LogP contribution < -0.4 is 10.2 Å². The van der Waals surface area contributed by atoms with E-state index in [-0.39, 0.29) is 19.1 Å². The Balaban J connectivity index is 4.23. The Kier molecular flexibility index (Phi) is 30.0. The number of hydrogen-bond acceptors (Lipinski definition) is 6. The Hall–Kier alpha value is -1.80. The maximum Gasteiger partial charge on any atom is 0.268 e. The zero-order valence-corrected chi connectivity index (χ0v) is 32.1. The van der Waals surface area contributed by atoms with Crippen LogP contribution >= 0.6 is 7.82 Å². The lowest BCUT2D eigenvalue weighted by Gasteiger charge is -2.29. The topological polar surface area (TPSA) is 108 Å². The lowest BCUT2D eigenvalue weighted by molar-refractivity contribution is -0.870. The van der Waals surface area contributed by atoms with Crippen molar-refractivity contribution in [2.24, 2.45) is 0 Å². The van der Waals surface area contributed by atoms with Crippen molar-refractivity contribution < 1.29 is 32.9 Å². The number of carbonyl (C=O) groups excluding carboxylic acids is 1. The number of aliphatic hydroxyl groups excluding tert-OH is 1. The van der Waals surface area contributed by atoms with Gasteiger partial charge in [0.25, 0.3) is 7.82 Å². The van der Waals surface area contributed by atoms with E-state index in [1.165, 1.54) is 25.7 Å². The molecule has 0 spiro atoms. The highest BCUT2D eigenvalue weighted by molar-refractivity contribution is 7.45. The first-order chi connectivity index (χ1) is 23.0. The van der Waals surface area contributed by atoms with Gasteiger partial charge in [0.1, 0.15) is 13.2 Å². The second-order valence-corrected chi connectivity index (χ2v) is 15.0. The summed E-state index contributed by atoms with van der Waals surface area (Å²) in [5.74, 6) is -0.218. The van der Waals surface area contributed by atoms with E-state index in [1.54, 1.807) is 6.08 Å². The number of unbranched alkanes of at least 4 members (excludes halogenated alkanes) is 11. The number of hydrogen-bond donors (Lipinski definition) is 2. The summed E-state index contributed by atoms with van der Waals surface area (Å²) in [6.45, 7) is 4.37. The molecule has 0 saturated carbocycles. The molecule has 2 N–H and O–H groups in total. The molecule has 0 aromatic heterocycles. The third-order valence-corrected chi connectivity index (χ3v) is 8.70. The van der Waals surface area contributed by atoms with Crippen molar-refractivity contribution >= 4 is 13.7 Å². The quantitative estimate of drug-likeness (QED) is 0.0315. The number of allylic oxidation sites excluding steroid dienone is 9. The van der Waals surface area contributed by atoms with Gasteiger partial charge in [-0.15, -0.1) is 0 Å². The third kappa shape index (κ3) is 32.7. The zero-order chi connectivity index (χ0) is 35.8. The predicted octanol–water partition coefficient (Wildman–Crippen LogP) is 8.88. The fraction of sp³-hybridized carbons (Fsp3) is 0.718. The summed E-state index contributed by atoms with van der Waals surface area (Å²) in [4.78, 5) is 25.0. The summed E-state index contributed by atoms with van der Waals surface area (Å²) in [5, 5.41) is 13.5. The lowest BCUT2D eigenvalue weighted by Crippen LogP contribution is -2.45. The van der Waals surface area contributed by atoms with E-state index in [4.69, 9.17) is 9.05 Å². The van der Waals surface area contributed by atoms with Gasteiger partial charge in [0.2, 0.25) is 5.91 Å². The SMILES string of the molecule is CC/C=C\C/C=C\C/C=C\C/C=C\CCCCCCCCCCC(=O)NC(COP(=O)([O-])OCC[N+](C)(C)C)C(O)/C=C/CCCCC. The number of likely N-dealkylation sites (N-methyl/N-ethyl adjacent to an activating group) is 1. The van der Waals surface area contributed by atoms with Crippen molar-refractivity contribution in [3.05, 3.63) is 60.8 Å². The third-order valence-electron chi connectivity index (χ3n) is 7.73. The summed E-state index contributed by atoms with van der Waals surface area (Å²) in [7, 11) is 1.24. The summed E-state index contributed by atoms with van der Waals surface area (Å²) >= 11 is 0. The Bertz CT molecular complexity index is 970. The molecular formula is C39H71N2O6P. The number of phosphoric acid groups is 1. The second kappa shape index (κ2) is 31.2. The number of carbonyl (C=O) groups is 1. The number of amides is 1. The van der Waals surface area contributed by atoms with Gasteiger partial charge in [0, 0.05) is 6.42 Å². The Morgan fingerprint density at radius 3 is 1.85 bits per heavy atom. The van der Waals surface area contributed by atoms with Crippen LogP contribution in [0.15, 0.2) is 60.8 Å². The standard InChI is InChI=1S/C39H71N2O6P/c1-6-8-10-12-13-14-15-16-17-18-19-20-21-22-23-24-25-26-27-29-31-33-39(43)40-37(38(42)32-30-28-11-9-7-2)36-47-48(44,45)46-35-34-41(3,4)5/h8,10,13-14,16-17,19-20,30,32,37-38,42H,6-7,9,11-12,15,18,21-29,31,33-36H2,1-5H3,(H-,40,43,44,45)/b10-8-,14-13-,17-16-,20-19-,32-30+. The van der Waals surface area contributed by atoms with Gasteiger partial charge < -0.3 is 28.8 Å². The van der Waals surface area contributed by atoms with Crippen LogP contribution in [0.25, 0.3) is 0 Å². The molecule has 0 aromatic carbocycles. The number of quaternary nitrogens is 1. The molecule has 48 heavy (non-hydrogen) atoms. The van der Waals surface area contributed by atoms with E-state index in [0.717, 1.165) is 83.5 Å². The molecule has 3 atom stereocenters. The van der Waals surface area contributed by atoms with Crippen LogP contribution in [0.5, 0.6) is 0 Å². The van der Waals surface area contributed by atoms with Gasteiger partial charge in [-0.1, -0.05) is 126 Å².